The van der Waals surface area contributed by atoms with Crippen LogP contribution in [0.15, 0.2) is 24.3 Å². The molecule has 0 heterocycles. The molecule has 21 heavy (non-hydrogen) atoms. The summed E-state index contributed by atoms with van der Waals surface area (Å²) in [5.41, 5.74) is 1.81. The lowest BCUT2D eigenvalue weighted by Crippen LogP contribution is -2.32. The minimum absolute atomic E-state index is 0.101. The summed E-state index contributed by atoms with van der Waals surface area (Å²) in [5, 5.41) is 3.28. The van der Waals surface area contributed by atoms with Crippen molar-refractivity contribution in [1.82, 2.24) is 5.32 Å². The molecule has 1 rings (SSSR count). The predicted molar refractivity (Wildman–Crippen MR) is 73.9 cm³/mol. The van der Waals surface area contributed by atoms with Gasteiger partial charge >= 0.3 is 12.3 Å². The van der Waals surface area contributed by atoms with Gasteiger partial charge in [-0.3, -0.25) is 0 Å². The van der Waals surface area contributed by atoms with Gasteiger partial charge in [0.1, 0.15) is 6.61 Å². The minimum atomic E-state index is -4.09. The van der Waals surface area contributed by atoms with Crippen molar-refractivity contribution in [2.75, 3.05) is 19.7 Å². The van der Waals surface area contributed by atoms with Crippen LogP contribution in [0.1, 0.15) is 24.5 Å². The third kappa shape index (κ3) is 6.91. The van der Waals surface area contributed by atoms with Gasteiger partial charge in [0.2, 0.25) is 0 Å². The van der Waals surface area contributed by atoms with E-state index >= 15 is 0 Å². The molecule has 0 fully saturated rings. The predicted octanol–water partition coefficient (Wildman–Crippen LogP) is 3.65. The highest BCUT2D eigenvalue weighted by Crippen LogP contribution is 2.23. The highest BCUT2D eigenvalue weighted by molar-refractivity contribution is 5.22. The minimum Gasteiger partial charge on any atom is -0.370 e. The van der Waals surface area contributed by atoms with Crippen LogP contribution < -0.4 is 5.32 Å². The van der Waals surface area contributed by atoms with Crippen LogP contribution in [0.25, 0.3) is 0 Å². The fraction of sp³-hybridized carbons (Fsp3) is 0.600. The second-order valence-electron chi connectivity index (χ2n) is 4.87. The zero-order valence-corrected chi connectivity index (χ0v) is 12.0. The monoisotopic (exact) mass is 307 g/mol. The summed E-state index contributed by atoms with van der Waals surface area (Å²) in [6, 6.07) is 7.29. The highest BCUT2D eigenvalue weighted by Gasteiger charge is 2.40. The van der Waals surface area contributed by atoms with Crippen molar-refractivity contribution < 1.29 is 22.3 Å². The van der Waals surface area contributed by atoms with Crippen molar-refractivity contribution in [3.05, 3.63) is 35.4 Å². The Kier molecular flexibility index (Phi) is 7.67. The Morgan fingerprint density at radius 1 is 1.10 bits per heavy atom. The zero-order chi connectivity index (χ0) is 15.7. The third-order valence-corrected chi connectivity index (χ3v) is 2.92. The lowest BCUT2D eigenvalue weighted by Gasteiger charge is -2.15. The maximum absolute atomic E-state index is 12.6. The van der Waals surface area contributed by atoms with Crippen LogP contribution in [0.3, 0.4) is 0 Å². The molecular weight excluding hydrogens is 286 g/mol. The molecule has 0 saturated carbocycles. The zero-order valence-electron chi connectivity index (χ0n) is 12.0. The maximum atomic E-state index is 12.6. The first-order valence-corrected chi connectivity index (χ1v) is 6.98. The summed E-state index contributed by atoms with van der Waals surface area (Å²) < 4.78 is 53.8. The number of rotatable bonds is 10. The molecule has 0 amide bonds. The molecule has 0 aromatic heterocycles. The smallest absolute Gasteiger partial charge is 0.330 e. The first-order valence-electron chi connectivity index (χ1n) is 6.98. The number of ether oxygens (including phenoxy) is 1. The Balaban J connectivity index is 2.31. The molecule has 0 saturated heterocycles. The SMILES string of the molecule is CCCNCCc1ccc(COCC(F)(F)C(F)F)cc1. The van der Waals surface area contributed by atoms with Crippen LogP contribution in [-0.4, -0.2) is 32.0 Å². The molecule has 0 aliphatic rings. The molecule has 0 bridgehead atoms. The molecule has 1 aromatic rings. The second-order valence-corrected chi connectivity index (χ2v) is 4.87. The van der Waals surface area contributed by atoms with Crippen molar-refractivity contribution in [2.45, 2.75) is 38.7 Å². The van der Waals surface area contributed by atoms with E-state index in [0.717, 1.165) is 31.5 Å². The third-order valence-electron chi connectivity index (χ3n) is 2.92. The van der Waals surface area contributed by atoms with Crippen molar-refractivity contribution >= 4 is 0 Å². The average molecular weight is 307 g/mol. The second kappa shape index (κ2) is 9.00. The van der Waals surface area contributed by atoms with Crippen molar-refractivity contribution in [2.24, 2.45) is 0 Å². The van der Waals surface area contributed by atoms with Gasteiger partial charge in [-0.1, -0.05) is 31.2 Å². The molecule has 1 N–H and O–H groups in total. The van der Waals surface area contributed by atoms with E-state index in [2.05, 4.69) is 17.0 Å². The molecule has 0 atom stereocenters. The van der Waals surface area contributed by atoms with Gasteiger partial charge in [0, 0.05) is 0 Å². The molecule has 0 aliphatic carbocycles. The molecule has 6 heteroatoms. The summed E-state index contributed by atoms with van der Waals surface area (Å²) in [4.78, 5) is 0. The van der Waals surface area contributed by atoms with Crippen LogP contribution in [0.2, 0.25) is 0 Å². The standard InChI is InChI=1S/C15H21F4NO/c1-2-8-20-9-7-12-3-5-13(6-4-12)10-21-11-15(18,19)14(16)17/h3-6,14,20H,2,7-11H2,1H3. The lowest BCUT2D eigenvalue weighted by atomic mass is 10.1. The van der Waals surface area contributed by atoms with Gasteiger partial charge in [-0.25, -0.2) is 8.78 Å². The maximum Gasteiger partial charge on any atom is 0.330 e. The molecule has 0 spiro atoms. The first-order chi connectivity index (χ1) is 9.95. The van der Waals surface area contributed by atoms with E-state index in [1.807, 2.05) is 12.1 Å². The Labute approximate surface area is 122 Å². The lowest BCUT2D eigenvalue weighted by molar-refractivity contribution is -0.168. The Bertz CT molecular complexity index is 395. The van der Waals surface area contributed by atoms with Crippen LogP contribution >= 0.6 is 0 Å². The van der Waals surface area contributed by atoms with Crippen LogP contribution in [-0.2, 0) is 17.8 Å². The average Bonchev–Trinajstić information content (AvgIpc) is 2.45. The topological polar surface area (TPSA) is 21.3 Å². The van der Waals surface area contributed by atoms with E-state index in [4.69, 9.17) is 0 Å². The van der Waals surface area contributed by atoms with Gasteiger partial charge in [0.25, 0.3) is 0 Å². The number of alkyl halides is 4. The number of hydrogen-bond donors (Lipinski definition) is 1. The van der Waals surface area contributed by atoms with Gasteiger partial charge in [0.05, 0.1) is 6.61 Å². The van der Waals surface area contributed by atoms with Gasteiger partial charge in [0.15, 0.2) is 0 Å². The van der Waals surface area contributed by atoms with E-state index < -0.39 is 19.0 Å². The molecule has 2 nitrogen and oxygen atoms in total. The largest absolute Gasteiger partial charge is 0.370 e. The fourth-order valence-electron chi connectivity index (χ4n) is 1.70. The van der Waals surface area contributed by atoms with E-state index in [1.165, 1.54) is 0 Å². The summed E-state index contributed by atoms with van der Waals surface area (Å²) in [6.45, 7) is 2.58. The molecule has 0 unspecified atom stereocenters. The Morgan fingerprint density at radius 3 is 2.29 bits per heavy atom. The van der Waals surface area contributed by atoms with Crippen molar-refractivity contribution in [3.63, 3.8) is 0 Å². The summed E-state index contributed by atoms with van der Waals surface area (Å²) in [7, 11) is 0. The quantitative estimate of drug-likeness (QED) is 0.526. The highest BCUT2D eigenvalue weighted by atomic mass is 19.3. The normalized spacial score (nSPS) is 12.1. The molecule has 1 aromatic carbocycles. The van der Waals surface area contributed by atoms with Gasteiger partial charge in [-0.05, 0) is 37.1 Å². The Hall–Kier alpha value is -1.14. The summed E-state index contributed by atoms with van der Waals surface area (Å²) in [5.74, 6) is -4.09. The fourth-order valence-corrected chi connectivity index (χ4v) is 1.70. The molecule has 0 radical (unpaired) electrons. The van der Waals surface area contributed by atoms with E-state index in [9.17, 15) is 17.6 Å². The number of halogens is 4. The number of hydrogen-bond acceptors (Lipinski definition) is 2. The van der Waals surface area contributed by atoms with Gasteiger partial charge in [-0.2, -0.15) is 8.78 Å². The van der Waals surface area contributed by atoms with Crippen molar-refractivity contribution in [1.29, 1.82) is 0 Å². The van der Waals surface area contributed by atoms with Crippen LogP contribution in [0.5, 0.6) is 0 Å². The van der Waals surface area contributed by atoms with Gasteiger partial charge in [-0.15, -0.1) is 0 Å². The number of benzene rings is 1. The van der Waals surface area contributed by atoms with Gasteiger partial charge < -0.3 is 10.1 Å². The van der Waals surface area contributed by atoms with E-state index in [0.29, 0.717) is 5.56 Å². The summed E-state index contributed by atoms with van der Waals surface area (Å²) in [6.07, 6.45) is -1.74. The van der Waals surface area contributed by atoms with Crippen molar-refractivity contribution in [3.8, 4) is 0 Å². The number of nitrogens with one attached hydrogen (secondary N) is 1. The van der Waals surface area contributed by atoms with E-state index in [-0.39, 0.29) is 6.61 Å². The molecule has 0 aliphatic heterocycles. The first kappa shape index (κ1) is 17.9. The Morgan fingerprint density at radius 2 is 1.71 bits per heavy atom. The van der Waals surface area contributed by atoms with Crippen LogP contribution in [0, 0.1) is 0 Å². The molecule has 120 valence electrons. The van der Waals surface area contributed by atoms with E-state index in [1.54, 1.807) is 12.1 Å². The molecular formula is C15H21F4NO. The summed E-state index contributed by atoms with van der Waals surface area (Å²) >= 11 is 0. The van der Waals surface area contributed by atoms with Crippen LogP contribution in [0.4, 0.5) is 17.6 Å².